The average Bonchev–Trinajstić information content (AvgIpc) is 3.26. The predicted molar refractivity (Wildman–Crippen MR) is 164 cm³/mol. The second-order valence-electron chi connectivity index (χ2n) is 11.2. The fraction of sp³-hybridized carbons (Fsp3) is 0.333. The van der Waals surface area contributed by atoms with Crippen molar-refractivity contribution < 1.29 is 23.4 Å². The number of aromatic carboxylic acids is 1. The quantitative estimate of drug-likeness (QED) is 0.289. The van der Waals surface area contributed by atoms with Gasteiger partial charge in [-0.3, -0.25) is 4.79 Å². The first-order valence-electron chi connectivity index (χ1n) is 13.8. The summed E-state index contributed by atoms with van der Waals surface area (Å²) in [5.41, 5.74) is -0.196. The third kappa shape index (κ3) is 5.64. The van der Waals surface area contributed by atoms with E-state index >= 15 is 0 Å². The summed E-state index contributed by atoms with van der Waals surface area (Å²) in [5.74, 6) is -3.57. The molecule has 1 atom stereocenters. The molecular formula is C30H28Cl2F2N6O4. The highest BCUT2D eigenvalue weighted by Gasteiger charge is 2.46. The molecule has 0 amide bonds. The van der Waals surface area contributed by atoms with Crippen LogP contribution in [0.2, 0.25) is 10.0 Å². The standard InChI is InChI=1S/C30H28Cl2F2N6O4/c1-37(2)19-12-38(13-19)26-6-5-17(11-36-26)39-14-21(29(42)43)27(41)20-8-23(32)25(9-24(20)39)40-16-30(33,34)10-18(40)15-44-28-22(31)4-3-7-35-28/h3-9,11,14,18-19H,10,12-13,15-16H2,1-2H3,(H,42,43)/t18-/m1/s1. The average molecular weight is 645 g/mol. The number of carboxylic acid groups (broad SMARTS) is 1. The number of hydrogen-bond donors (Lipinski definition) is 1. The van der Waals surface area contributed by atoms with Crippen molar-refractivity contribution >= 4 is 51.6 Å². The van der Waals surface area contributed by atoms with Gasteiger partial charge in [-0.2, -0.15) is 0 Å². The highest BCUT2D eigenvalue weighted by molar-refractivity contribution is 6.34. The number of nitrogens with zero attached hydrogens (tertiary/aromatic N) is 6. The Bertz CT molecular complexity index is 1800. The molecule has 0 saturated carbocycles. The van der Waals surface area contributed by atoms with Gasteiger partial charge in [-0.15, -0.1) is 0 Å². The lowest BCUT2D eigenvalue weighted by Crippen LogP contribution is -2.57. The lowest BCUT2D eigenvalue weighted by atomic mass is 10.1. The maximum Gasteiger partial charge on any atom is 0.341 e. The molecule has 0 unspecified atom stereocenters. The zero-order valence-electron chi connectivity index (χ0n) is 23.8. The molecule has 2 saturated heterocycles. The minimum atomic E-state index is -3.05. The van der Waals surface area contributed by atoms with Gasteiger partial charge in [-0.25, -0.2) is 23.5 Å². The number of fused-ring (bicyclic) bond motifs is 1. The van der Waals surface area contributed by atoms with E-state index in [0.29, 0.717) is 11.7 Å². The van der Waals surface area contributed by atoms with Gasteiger partial charge in [-0.1, -0.05) is 23.2 Å². The number of pyridine rings is 3. The van der Waals surface area contributed by atoms with Crippen LogP contribution in [0.25, 0.3) is 16.6 Å². The van der Waals surface area contributed by atoms with Crippen molar-refractivity contribution in [3.8, 4) is 11.6 Å². The molecule has 1 aromatic carbocycles. The number of halogens is 4. The zero-order chi connectivity index (χ0) is 31.3. The Morgan fingerprint density at radius 1 is 1.16 bits per heavy atom. The van der Waals surface area contributed by atoms with Gasteiger partial charge in [0.15, 0.2) is 0 Å². The molecule has 0 bridgehead atoms. The molecule has 2 aliphatic rings. The van der Waals surface area contributed by atoms with Crippen LogP contribution in [0, 0.1) is 0 Å². The Hall–Kier alpha value is -4.00. The van der Waals surface area contributed by atoms with E-state index in [9.17, 15) is 23.5 Å². The van der Waals surface area contributed by atoms with Crippen molar-refractivity contribution in [1.29, 1.82) is 0 Å². The molecule has 1 N–H and O–H groups in total. The lowest BCUT2D eigenvalue weighted by Gasteiger charge is -2.43. The molecule has 6 rings (SSSR count). The Balaban J connectivity index is 1.40. The summed E-state index contributed by atoms with van der Waals surface area (Å²) in [6, 6.07) is 9.27. The molecule has 3 aromatic heterocycles. The summed E-state index contributed by atoms with van der Waals surface area (Å²) in [4.78, 5) is 39.6. The predicted octanol–water partition coefficient (Wildman–Crippen LogP) is 4.83. The van der Waals surface area contributed by atoms with Gasteiger partial charge in [-0.05, 0) is 50.5 Å². The minimum absolute atomic E-state index is 0.0176. The van der Waals surface area contributed by atoms with Gasteiger partial charge in [0.25, 0.3) is 5.92 Å². The number of rotatable bonds is 8. The maximum absolute atomic E-state index is 14.8. The van der Waals surface area contributed by atoms with E-state index in [2.05, 4.69) is 19.8 Å². The SMILES string of the molecule is CN(C)C1CN(c2ccc(-n3cc(C(=O)O)c(=O)c4cc(Cl)c(N5CC(F)(F)C[C@@H]5COc5ncccc5Cl)cc43)cn2)C1. The maximum atomic E-state index is 14.8. The molecule has 2 aliphatic heterocycles. The monoisotopic (exact) mass is 644 g/mol. The number of alkyl halides is 2. The highest BCUT2D eigenvalue weighted by atomic mass is 35.5. The van der Waals surface area contributed by atoms with Crippen molar-refractivity contribution in [2.24, 2.45) is 0 Å². The van der Waals surface area contributed by atoms with E-state index in [0.717, 1.165) is 18.9 Å². The van der Waals surface area contributed by atoms with Gasteiger partial charge in [0, 0.05) is 43.3 Å². The first-order chi connectivity index (χ1) is 20.9. The van der Waals surface area contributed by atoms with Crippen LogP contribution in [0.15, 0.2) is 59.8 Å². The van der Waals surface area contributed by atoms with Crippen LogP contribution >= 0.6 is 23.2 Å². The van der Waals surface area contributed by atoms with Crippen LogP contribution < -0.4 is 20.0 Å². The molecule has 4 aromatic rings. The molecule has 44 heavy (non-hydrogen) atoms. The van der Waals surface area contributed by atoms with Crippen molar-refractivity contribution in [3.05, 3.63) is 80.8 Å². The number of anilines is 2. The number of ether oxygens (including phenoxy) is 1. The number of carboxylic acids is 1. The molecule has 0 spiro atoms. The summed E-state index contributed by atoms with van der Waals surface area (Å²) in [5, 5.41) is 10.1. The van der Waals surface area contributed by atoms with E-state index in [1.807, 2.05) is 20.2 Å². The highest BCUT2D eigenvalue weighted by Crippen LogP contribution is 2.40. The van der Waals surface area contributed by atoms with E-state index in [-0.39, 0.29) is 39.1 Å². The van der Waals surface area contributed by atoms with E-state index in [4.69, 9.17) is 27.9 Å². The first kappa shape index (κ1) is 30.0. The van der Waals surface area contributed by atoms with E-state index in [1.54, 1.807) is 24.4 Å². The van der Waals surface area contributed by atoms with Gasteiger partial charge in [0.1, 0.15) is 23.0 Å². The van der Waals surface area contributed by atoms with E-state index < -0.39 is 41.9 Å². The van der Waals surface area contributed by atoms with Gasteiger partial charge < -0.3 is 29.1 Å². The van der Waals surface area contributed by atoms with Crippen molar-refractivity contribution in [3.63, 3.8) is 0 Å². The third-order valence-electron chi connectivity index (χ3n) is 8.05. The van der Waals surface area contributed by atoms with Gasteiger partial charge in [0.2, 0.25) is 11.3 Å². The normalized spacial score (nSPS) is 18.2. The summed E-state index contributed by atoms with van der Waals surface area (Å²) in [6.07, 6.45) is 3.78. The third-order valence-corrected chi connectivity index (χ3v) is 8.64. The molecule has 0 radical (unpaired) electrons. The fourth-order valence-corrected chi connectivity index (χ4v) is 6.03. The molecule has 5 heterocycles. The van der Waals surface area contributed by atoms with Crippen molar-refractivity contribution in [2.75, 3.05) is 50.1 Å². The number of benzene rings is 1. The van der Waals surface area contributed by atoms with Crippen LogP contribution in [-0.2, 0) is 0 Å². The summed E-state index contributed by atoms with van der Waals surface area (Å²) in [7, 11) is 4.05. The second kappa shape index (κ2) is 11.5. The van der Waals surface area contributed by atoms with Crippen LogP contribution in [0.1, 0.15) is 16.8 Å². The smallest absolute Gasteiger partial charge is 0.341 e. The van der Waals surface area contributed by atoms with E-state index in [1.165, 1.54) is 34.0 Å². The Kier molecular flexibility index (Phi) is 7.85. The molecule has 230 valence electrons. The molecule has 2 fully saturated rings. The summed E-state index contributed by atoms with van der Waals surface area (Å²) in [6.45, 7) is 0.855. The van der Waals surface area contributed by atoms with Gasteiger partial charge in [0.05, 0.1) is 40.7 Å². The number of likely N-dealkylation sites (N-methyl/N-ethyl adjacent to an activating group) is 1. The van der Waals surface area contributed by atoms with Crippen molar-refractivity contribution in [1.82, 2.24) is 19.4 Å². The molecule has 14 heteroatoms. The Morgan fingerprint density at radius 2 is 1.93 bits per heavy atom. The second-order valence-corrected chi connectivity index (χ2v) is 12.0. The number of aromatic nitrogens is 3. The Morgan fingerprint density at radius 3 is 2.59 bits per heavy atom. The molecule has 10 nitrogen and oxygen atoms in total. The summed E-state index contributed by atoms with van der Waals surface area (Å²) >= 11 is 12.8. The van der Waals surface area contributed by atoms with Gasteiger partial charge >= 0.3 is 5.97 Å². The largest absolute Gasteiger partial charge is 0.477 e. The van der Waals surface area contributed by atoms with Crippen molar-refractivity contribution in [2.45, 2.75) is 24.4 Å². The minimum Gasteiger partial charge on any atom is -0.477 e. The topological polar surface area (TPSA) is 104 Å². The van der Waals surface area contributed by atoms with Crippen LogP contribution in [0.4, 0.5) is 20.3 Å². The van der Waals surface area contributed by atoms with Crippen LogP contribution in [-0.4, -0.2) is 88.9 Å². The van der Waals surface area contributed by atoms with Crippen LogP contribution in [0.3, 0.4) is 0 Å². The Labute approximate surface area is 261 Å². The molecular weight excluding hydrogens is 617 g/mol. The fourth-order valence-electron chi connectivity index (χ4n) is 5.58. The lowest BCUT2D eigenvalue weighted by molar-refractivity contribution is 0.0205. The number of carbonyl (C=O) groups is 1. The first-order valence-corrected chi connectivity index (χ1v) is 14.6. The zero-order valence-corrected chi connectivity index (χ0v) is 25.3. The molecule has 0 aliphatic carbocycles. The van der Waals surface area contributed by atoms with Crippen LogP contribution in [0.5, 0.6) is 5.88 Å². The number of hydrogen-bond acceptors (Lipinski definition) is 8. The summed E-state index contributed by atoms with van der Waals surface area (Å²) < 4.78 is 36.9.